The first-order valence-electron chi connectivity index (χ1n) is 7.13. The van der Waals surface area contributed by atoms with Gasteiger partial charge < -0.3 is 4.90 Å². The molecule has 3 rings (SSSR count). The molecule has 1 aromatic rings. The van der Waals surface area contributed by atoms with Crippen LogP contribution in [0.1, 0.15) is 30.1 Å². The van der Waals surface area contributed by atoms with Crippen molar-refractivity contribution in [3.05, 3.63) is 35.5 Å². The van der Waals surface area contributed by atoms with Crippen molar-refractivity contribution in [2.75, 3.05) is 19.3 Å². The molecule has 1 amide bonds. The van der Waals surface area contributed by atoms with Crippen LogP contribution >= 0.6 is 11.8 Å². The number of hydrogen-bond acceptors (Lipinski definition) is 3. The molecule has 1 aromatic heterocycles. The third kappa shape index (κ3) is 2.49. The van der Waals surface area contributed by atoms with E-state index in [-0.39, 0.29) is 5.91 Å². The van der Waals surface area contributed by atoms with Gasteiger partial charge in [0.25, 0.3) is 5.91 Å². The first kappa shape index (κ1) is 13.7. The zero-order chi connectivity index (χ0) is 14.1. The van der Waals surface area contributed by atoms with Crippen LogP contribution in [0.5, 0.6) is 0 Å². The maximum atomic E-state index is 12.7. The SMILES string of the molecule is CSc1ncccc1C(=O)N1C[C@H]2CC=C(C)C[C@H]2C1. The Morgan fingerprint density at radius 3 is 3.00 bits per heavy atom. The smallest absolute Gasteiger partial charge is 0.256 e. The summed E-state index contributed by atoms with van der Waals surface area (Å²) in [6.07, 6.45) is 8.34. The molecule has 2 aliphatic rings. The predicted octanol–water partition coefficient (Wildman–Crippen LogP) is 3.23. The summed E-state index contributed by atoms with van der Waals surface area (Å²) in [7, 11) is 0. The predicted molar refractivity (Wildman–Crippen MR) is 81.9 cm³/mol. The van der Waals surface area contributed by atoms with Crippen LogP contribution < -0.4 is 0 Å². The van der Waals surface area contributed by atoms with Gasteiger partial charge in [0.05, 0.1) is 5.56 Å². The van der Waals surface area contributed by atoms with Gasteiger partial charge in [-0.3, -0.25) is 4.79 Å². The number of fused-ring (bicyclic) bond motifs is 1. The normalized spacial score (nSPS) is 25.3. The summed E-state index contributed by atoms with van der Waals surface area (Å²) < 4.78 is 0. The molecular weight excluding hydrogens is 268 g/mol. The maximum Gasteiger partial charge on any atom is 0.256 e. The Balaban J connectivity index is 1.77. The van der Waals surface area contributed by atoms with Gasteiger partial charge >= 0.3 is 0 Å². The highest BCUT2D eigenvalue weighted by atomic mass is 32.2. The molecular formula is C16H20N2OS. The molecule has 0 bridgehead atoms. The quantitative estimate of drug-likeness (QED) is 0.619. The molecule has 1 fully saturated rings. The van der Waals surface area contributed by atoms with Gasteiger partial charge in [-0.05, 0) is 50.0 Å². The minimum absolute atomic E-state index is 0.148. The van der Waals surface area contributed by atoms with Crippen molar-refractivity contribution < 1.29 is 4.79 Å². The van der Waals surface area contributed by atoms with Crippen molar-refractivity contribution in [1.29, 1.82) is 0 Å². The van der Waals surface area contributed by atoms with Crippen LogP contribution in [-0.2, 0) is 0 Å². The molecule has 0 radical (unpaired) electrons. The molecule has 4 heteroatoms. The lowest BCUT2D eigenvalue weighted by molar-refractivity contribution is 0.0780. The average Bonchev–Trinajstić information content (AvgIpc) is 2.89. The van der Waals surface area contributed by atoms with Crippen LogP contribution in [0.2, 0.25) is 0 Å². The van der Waals surface area contributed by atoms with Gasteiger partial charge in [0.2, 0.25) is 0 Å². The number of aromatic nitrogens is 1. The lowest BCUT2D eigenvalue weighted by Gasteiger charge is -2.21. The van der Waals surface area contributed by atoms with E-state index < -0.39 is 0 Å². The van der Waals surface area contributed by atoms with Crippen LogP contribution in [0, 0.1) is 11.8 Å². The second kappa shape index (κ2) is 5.60. The van der Waals surface area contributed by atoms with Gasteiger partial charge in [-0.25, -0.2) is 4.98 Å². The highest BCUT2D eigenvalue weighted by Gasteiger charge is 2.36. The summed E-state index contributed by atoms with van der Waals surface area (Å²) >= 11 is 1.54. The monoisotopic (exact) mass is 288 g/mol. The van der Waals surface area contributed by atoms with Crippen LogP contribution in [0.4, 0.5) is 0 Å². The van der Waals surface area contributed by atoms with Crippen LogP contribution in [0.3, 0.4) is 0 Å². The number of amides is 1. The third-order valence-electron chi connectivity index (χ3n) is 4.41. The number of pyridine rings is 1. The topological polar surface area (TPSA) is 33.2 Å². The van der Waals surface area contributed by atoms with Gasteiger partial charge in [-0.1, -0.05) is 11.6 Å². The lowest BCUT2D eigenvalue weighted by Crippen LogP contribution is -2.29. The van der Waals surface area contributed by atoms with E-state index in [4.69, 9.17) is 0 Å². The van der Waals surface area contributed by atoms with Gasteiger partial charge in [0.1, 0.15) is 5.03 Å². The first-order chi connectivity index (χ1) is 9.69. The summed E-state index contributed by atoms with van der Waals surface area (Å²) in [5.74, 6) is 1.45. The third-order valence-corrected chi connectivity index (χ3v) is 5.12. The molecule has 2 heterocycles. The number of carbonyl (C=O) groups is 1. The summed E-state index contributed by atoms with van der Waals surface area (Å²) in [5.41, 5.74) is 2.23. The van der Waals surface area contributed by atoms with E-state index in [0.29, 0.717) is 11.8 Å². The molecule has 1 aliphatic carbocycles. The van der Waals surface area contributed by atoms with E-state index in [2.05, 4.69) is 18.0 Å². The molecule has 0 spiro atoms. The van der Waals surface area contributed by atoms with Gasteiger partial charge in [-0.2, -0.15) is 0 Å². The Morgan fingerprint density at radius 1 is 1.40 bits per heavy atom. The Bertz CT molecular complexity index is 555. The number of carbonyl (C=O) groups excluding carboxylic acids is 1. The van der Waals surface area contributed by atoms with Gasteiger partial charge in [0.15, 0.2) is 0 Å². The second-order valence-electron chi connectivity index (χ2n) is 5.78. The molecule has 106 valence electrons. The molecule has 2 atom stereocenters. The van der Waals surface area contributed by atoms with E-state index in [1.54, 1.807) is 6.20 Å². The summed E-state index contributed by atoms with van der Waals surface area (Å²) in [5, 5.41) is 0.835. The van der Waals surface area contributed by atoms with Gasteiger partial charge in [0, 0.05) is 19.3 Å². The molecule has 0 unspecified atom stereocenters. The van der Waals surface area contributed by atoms with E-state index >= 15 is 0 Å². The van der Waals surface area contributed by atoms with E-state index in [1.807, 2.05) is 23.3 Å². The molecule has 1 aliphatic heterocycles. The van der Waals surface area contributed by atoms with Crippen LogP contribution in [0.15, 0.2) is 35.0 Å². The van der Waals surface area contributed by atoms with E-state index in [0.717, 1.165) is 36.5 Å². The first-order valence-corrected chi connectivity index (χ1v) is 8.35. The number of hydrogen-bond donors (Lipinski definition) is 0. The van der Waals surface area contributed by atoms with E-state index in [1.165, 1.54) is 17.3 Å². The lowest BCUT2D eigenvalue weighted by atomic mass is 9.83. The fourth-order valence-corrected chi connectivity index (χ4v) is 3.88. The van der Waals surface area contributed by atoms with Crippen molar-refractivity contribution in [3.8, 4) is 0 Å². The van der Waals surface area contributed by atoms with Crippen molar-refractivity contribution >= 4 is 17.7 Å². The maximum absolute atomic E-state index is 12.7. The van der Waals surface area contributed by atoms with Crippen molar-refractivity contribution in [2.45, 2.75) is 24.8 Å². The van der Waals surface area contributed by atoms with Crippen molar-refractivity contribution in [1.82, 2.24) is 9.88 Å². The fourth-order valence-electron chi connectivity index (χ4n) is 3.34. The number of thioether (sulfide) groups is 1. The standard InChI is InChI=1S/C16H20N2OS/c1-11-5-6-12-9-18(10-13(12)8-11)16(19)14-4-3-7-17-15(14)20-2/h3-5,7,12-13H,6,8-10H2,1-2H3/t12-,13+/m1/s1. The Kier molecular flexibility index (Phi) is 3.83. The second-order valence-corrected chi connectivity index (χ2v) is 6.58. The highest BCUT2D eigenvalue weighted by Crippen LogP contribution is 2.36. The van der Waals surface area contributed by atoms with Crippen molar-refractivity contribution in [3.63, 3.8) is 0 Å². The molecule has 0 N–H and O–H groups in total. The van der Waals surface area contributed by atoms with Crippen molar-refractivity contribution in [2.24, 2.45) is 11.8 Å². The average molecular weight is 288 g/mol. The molecule has 1 saturated heterocycles. The summed E-state index contributed by atoms with van der Waals surface area (Å²) in [6.45, 7) is 4.00. The largest absolute Gasteiger partial charge is 0.338 e. The van der Waals surface area contributed by atoms with Gasteiger partial charge in [-0.15, -0.1) is 11.8 Å². The number of nitrogens with zero attached hydrogens (tertiary/aromatic N) is 2. The zero-order valence-electron chi connectivity index (χ0n) is 12.0. The Hall–Kier alpha value is -1.29. The highest BCUT2D eigenvalue weighted by molar-refractivity contribution is 7.98. The number of allylic oxidation sites excluding steroid dienone is 2. The minimum atomic E-state index is 0.148. The van der Waals surface area contributed by atoms with Crippen LogP contribution in [0.25, 0.3) is 0 Å². The fraction of sp³-hybridized carbons (Fsp3) is 0.500. The zero-order valence-corrected chi connectivity index (χ0v) is 12.8. The molecule has 3 nitrogen and oxygen atoms in total. The minimum Gasteiger partial charge on any atom is -0.338 e. The Labute approximate surface area is 124 Å². The number of rotatable bonds is 2. The Morgan fingerprint density at radius 2 is 2.20 bits per heavy atom. The van der Waals surface area contributed by atoms with E-state index in [9.17, 15) is 4.79 Å². The van der Waals surface area contributed by atoms with Crippen LogP contribution in [-0.4, -0.2) is 35.1 Å². The molecule has 20 heavy (non-hydrogen) atoms. The molecule has 0 saturated carbocycles. The molecule has 0 aromatic carbocycles. The summed E-state index contributed by atoms with van der Waals surface area (Å²) in [6, 6.07) is 3.74. The summed E-state index contributed by atoms with van der Waals surface area (Å²) in [4.78, 5) is 19.0. The number of likely N-dealkylation sites (tertiary alicyclic amines) is 1.